The van der Waals surface area contributed by atoms with Gasteiger partial charge in [0, 0.05) is 52.0 Å². The van der Waals surface area contributed by atoms with Crippen molar-refractivity contribution in [3.63, 3.8) is 0 Å². The van der Waals surface area contributed by atoms with Gasteiger partial charge in [-0.2, -0.15) is 0 Å². The highest BCUT2D eigenvalue weighted by atomic mass is 28.3. The van der Waals surface area contributed by atoms with Crippen molar-refractivity contribution in [2.45, 2.75) is 128 Å². The van der Waals surface area contributed by atoms with Crippen LogP contribution in [-0.4, -0.2) is 31.2 Å². The van der Waals surface area contributed by atoms with E-state index in [2.05, 4.69) is 202 Å². The Bertz CT molecular complexity index is 2970. The lowest BCUT2D eigenvalue weighted by molar-refractivity contribution is 0.165. The minimum absolute atomic E-state index is 0.0111. The van der Waals surface area contributed by atoms with Gasteiger partial charge in [-0.05, 0) is 96.0 Å². The molecular formula is C61H65N3OSi. The minimum atomic E-state index is -1.65. The average Bonchev–Trinajstić information content (AvgIpc) is 3.55. The fourth-order valence-corrected chi connectivity index (χ4v) is 16.6. The van der Waals surface area contributed by atoms with Gasteiger partial charge in [-0.25, -0.2) is 0 Å². The first kappa shape index (κ1) is 40.7. The number of hydrogen-bond acceptors (Lipinski definition) is 4. The van der Waals surface area contributed by atoms with E-state index in [1.807, 2.05) is 0 Å². The fraction of sp³-hybridized carbons (Fsp3) is 0.377. The van der Waals surface area contributed by atoms with E-state index >= 15 is 0 Å². The Morgan fingerprint density at radius 2 is 1.58 bits per heavy atom. The molecule has 4 aromatic carbocycles. The Hall–Kier alpha value is -5.52. The molecule has 4 nitrogen and oxygen atoms in total. The van der Waals surface area contributed by atoms with Gasteiger partial charge in [-0.1, -0.05) is 174 Å². The van der Waals surface area contributed by atoms with Crippen molar-refractivity contribution in [3.05, 3.63) is 184 Å². The summed E-state index contributed by atoms with van der Waals surface area (Å²) < 4.78 is 7.33. The largest absolute Gasteiger partial charge is 0.460 e. The first-order valence-corrected chi connectivity index (χ1v) is 28.7. The van der Waals surface area contributed by atoms with E-state index in [0.29, 0.717) is 23.9 Å². The number of rotatable bonds is 6. The number of benzene rings is 4. The molecule has 0 bridgehead atoms. The molecule has 8 unspecified atom stereocenters. The van der Waals surface area contributed by atoms with Crippen LogP contribution in [0.25, 0.3) is 22.8 Å². The van der Waals surface area contributed by atoms with Crippen molar-refractivity contribution in [1.29, 1.82) is 0 Å². The van der Waals surface area contributed by atoms with E-state index in [1.165, 1.54) is 74.8 Å². The molecule has 0 saturated heterocycles. The number of aryl methyl sites for hydroxylation is 1. The van der Waals surface area contributed by atoms with E-state index in [9.17, 15) is 0 Å². The summed E-state index contributed by atoms with van der Waals surface area (Å²) in [5.74, 6) is 3.63. The van der Waals surface area contributed by atoms with Crippen LogP contribution in [0.15, 0.2) is 149 Å². The second-order valence-corrected chi connectivity index (χ2v) is 28.4. The van der Waals surface area contributed by atoms with Crippen LogP contribution >= 0.6 is 0 Å². The number of anilines is 3. The summed E-state index contributed by atoms with van der Waals surface area (Å²) in [6, 6.07) is 38.4. The lowest BCUT2D eigenvalue weighted by atomic mass is 9.75. The number of furan rings is 1. The third kappa shape index (κ3) is 5.87. The maximum absolute atomic E-state index is 7.33. The number of hydrogen-bond donors (Lipinski definition) is 0. The molecule has 66 heavy (non-hydrogen) atoms. The second-order valence-electron chi connectivity index (χ2n) is 23.3. The molecule has 5 heterocycles. The summed E-state index contributed by atoms with van der Waals surface area (Å²) in [6.45, 7) is 17.8. The van der Waals surface area contributed by atoms with Crippen molar-refractivity contribution in [2.24, 2.45) is 17.3 Å². The monoisotopic (exact) mass is 883 g/mol. The van der Waals surface area contributed by atoms with Gasteiger partial charge in [-0.3, -0.25) is 0 Å². The molecule has 1 aromatic heterocycles. The van der Waals surface area contributed by atoms with Crippen LogP contribution in [0.2, 0.25) is 19.6 Å². The summed E-state index contributed by atoms with van der Waals surface area (Å²) in [5.41, 5.74) is 17.2. The molecule has 8 aliphatic rings. The maximum Gasteiger partial charge on any atom is 0.138 e. The molecule has 1 fully saturated rings. The zero-order valence-corrected chi connectivity index (χ0v) is 41.0. The number of para-hydroxylation sites is 3. The van der Waals surface area contributed by atoms with Crippen LogP contribution in [0, 0.1) is 17.3 Å². The Labute approximate surface area is 394 Å². The Morgan fingerprint density at radius 3 is 2.36 bits per heavy atom. The number of allylic oxidation sites excluding steroid dienone is 6. The first-order valence-electron chi connectivity index (χ1n) is 25.2. The smallest absolute Gasteiger partial charge is 0.138 e. The Kier molecular flexibility index (Phi) is 8.94. The molecule has 0 amide bonds. The quantitative estimate of drug-likeness (QED) is 0.159. The van der Waals surface area contributed by atoms with Gasteiger partial charge in [0.2, 0.25) is 0 Å². The van der Waals surface area contributed by atoms with Gasteiger partial charge < -0.3 is 19.1 Å². The highest BCUT2D eigenvalue weighted by Crippen LogP contribution is 2.71. The minimum Gasteiger partial charge on any atom is -0.460 e. The zero-order valence-electron chi connectivity index (χ0n) is 40.0. The summed E-state index contributed by atoms with van der Waals surface area (Å²) in [7, 11) is -1.65. The molecule has 1 saturated carbocycles. The standard InChI is InChI=1S/C61H65N3OSi/c1-60(2,3)36-40-35-50-45-26-14-16-29-47(45)61(4)54(58(61)62(50)37-52(40)66(5,6)7)56-46-34-33-44-43-25-15-19-32-51(43)65-57(44)53(46)59-63(48-30-17-18-31-49(48)64(56)59)55-41(38-21-10-8-11-22-38)27-20-28-42(55)39-23-12-9-13-24-39/h8-18,20-23,25-31,37,39-40,50,54,56,58-59H,19,24,32-36H2,1-7H3. The molecule has 8 atom stereocenters. The lowest BCUT2D eigenvalue weighted by Gasteiger charge is -2.48. The fourth-order valence-electron chi connectivity index (χ4n) is 14.7. The number of fused-ring (bicyclic) bond motifs is 14. The van der Waals surface area contributed by atoms with Crippen LogP contribution in [0.4, 0.5) is 17.1 Å². The van der Waals surface area contributed by atoms with E-state index < -0.39 is 8.07 Å². The normalized spacial score (nSPS) is 28.8. The molecule has 5 heteroatoms. The first-order chi connectivity index (χ1) is 31.9. The van der Waals surface area contributed by atoms with Crippen molar-refractivity contribution in [1.82, 2.24) is 4.90 Å². The van der Waals surface area contributed by atoms with Gasteiger partial charge in [0.05, 0.1) is 37.2 Å². The summed E-state index contributed by atoms with van der Waals surface area (Å²) >= 11 is 0. The molecule has 0 N–H and O–H groups in total. The second kappa shape index (κ2) is 14.5. The highest BCUT2D eigenvalue weighted by molar-refractivity contribution is 6.83. The van der Waals surface area contributed by atoms with Gasteiger partial charge in [0.1, 0.15) is 17.7 Å². The van der Waals surface area contributed by atoms with Crippen molar-refractivity contribution >= 4 is 36.8 Å². The van der Waals surface area contributed by atoms with E-state index in [1.54, 1.807) is 21.9 Å². The van der Waals surface area contributed by atoms with Crippen molar-refractivity contribution < 1.29 is 4.42 Å². The Morgan fingerprint density at radius 1 is 0.803 bits per heavy atom. The molecule has 0 radical (unpaired) electrons. The van der Waals surface area contributed by atoms with Gasteiger partial charge in [0.15, 0.2) is 0 Å². The summed E-state index contributed by atoms with van der Waals surface area (Å²) in [6.07, 6.45) is 24.3. The van der Waals surface area contributed by atoms with E-state index in [-0.39, 0.29) is 29.0 Å². The zero-order chi connectivity index (χ0) is 44.9. The summed E-state index contributed by atoms with van der Waals surface area (Å²) in [4.78, 5) is 8.70. The molecule has 0 spiro atoms. The van der Waals surface area contributed by atoms with Crippen LogP contribution in [0.1, 0.15) is 111 Å². The third-order valence-electron chi connectivity index (χ3n) is 17.2. The Balaban J connectivity index is 1.05. The lowest BCUT2D eigenvalue weighted by Crippen LogP contribution is -2.45. The molecule has 4 aliphatic carbocycles. The van der Waals surface area contributed by atoms with Crippen LogP contribution in [0.5, 0.6) is 0 Å². The SMILES string of the molecule is CC(C)(C)CC1CC2c3ccccc3C3(C)C(C4C5=C(c6oc7c(c6CC5)C=CCC7)C5N(c6c(-c7ccccc7)cccc6C6C=CC=CC6)c6ccccc6N45)C3N2C=C1[Si](C)(C)C. The topological polar surface area (TPSA) is 22.9 Å². The van der Waals surface area contributed by atoms with E-state index in [0.717, 1.165) is 32.1 Å². The predicted molar refractivity (Wildman–Crippen MR) is 277 cm³/mol. The third-order valence-corrected chi connectivity index (χ3v) is 19.5. The van der Waals surface area contributed by atoms with Crippen LogP contribution in [0.3, 0.4) is 0 Å². The average molecular weight is 884 g/mol. The van der Waals surface area contributed by atoms with Gasteiger partial charge in [0.25, 0.3) is 0 Å². The molecule has 5 aromatic rings. The van der Waals surface area contributed by atoms with Crippen LogP contribution in [-0.2, 0) is 18.3 Å². The maximum atomic E-state index is 7.33. The van der Waals surface area contributed by atoms with Crippen molar-refractivity contribution in [3.8, 4) is 11.1 Å². The highest BCUT2D eigenvalue weighted by Gasteiger charge is 2.74. The molecule has 4 aliphatic heterocycles. The van der Waals surface area contributed by atoms with Crippen LogP contribution < -0.4 is 9.80 Å². The molecule has 13 rings (SSSR count). The molecular weight excluding hydrogens is 819 g/mol. The van der Waals surface area contributed by atoms with Gasteiger partial charge in [-0.15, -0.1) is 0 Å². The number of nitrogens with zero attached hydrogens (tertiary/aromatic N) is 3. The van der Waals surface area contributed by atoms with Crippen molar-refractivity contribution in [2.75, 3.05) is 9.80 Å². The summed E-state index contributed by atoms with van der Waals surface area (Å²) in [5, 5.41) is 1.77. The predicted octanol–water partition coefficient (Wildman–Crippen LogP) is 15.1. The molecule has 334 valence electrons. The van der Waals surface area contributed by atoms with Gasteiger partial charge >= 0.3 is 0 Å². The van der Waals surface area contributed by atoms with E-state index in [4.69, 9.17) is 4.42 Å².